The lowest BCUT2D eigenvalue weighted by molar-refractivity contribution is -0.150. The van der Waals surface area contributed by atoms with E-state index in [0.717, 1.165) is 0 Å². The van der Waals surface area contributed by atoms with Crippen LogP contribution in [0.1, 0.15) is 24.4 Å². The largest absolute Gasteiger partial charge is 0.459 e. The Morgan fingerprint density at radius 2 is 1.90 bits per heavy atom. The first-order chi connectivity index (χ1) is 13.6. The van der Waals surface area contributed by atoms with Gasteiger partial charge in [-0.2, -0.15) is 0 Å². The van der Waals surface area contributed by atoms with Crippen molar-refractivity contribution in [3.8, 4) is 0 Å². The van der Waals surface area contributed by atoms with E-state index >= 15 is 0 Å². The molecule has 29 heavy (non-hydrogen) atoms. The lowest BCUT2D eigenvalue weighted by Gasteiger charge is -2.20. The maximum atomic E-state index is 12.3. The number of amides is 2. The predicted octanol–water partition coefficient (Wildman–Crippen LogP) is 0.863. The summed E-state index contributed by atoms with van der Waals surface area (Å²) in [5.74, 6) is -2.35. The average molecular weight is 423 g/mol. The van der Waals surface area contributed by atoms with Crippen molar-refractivity contribution in [3.05, 3.63) is 48.4 Å². The van der Waals surface area contributed by atoms with Gasteiger partial charge in [-0.1, -0.05) is 19.9 Å². The number of nitrogens with one attached hydrogen (secondary N) is 2. The molecule has 10 nitrogen and oxygen atoms in total. The Bertz CT molecular complexity index is 985. The molecule has 0 saturated heterocycles. The van der Waals surface area contributed by atoms with Crippen LogP contribution in [0.5, 0.6) is 0 Å². The molecule has 2 aromatic rings. The number of nitrogens with two attached hydrogens (primary N) is 1. The van der Waals surface area contributed by atoms with Crippen LogP contribution in [0.15, 0.2) is 52.0 Å². The van der Waals surface area contributed by atoms with Crippen LogP contribution in [0.4, 0.5) is 5.69 Å². The molecular formula is C18H21N3O7S. The topological polar surface area (TPSA) is 158 Å². The van der Waals surface area contributed by atoms with E-state index in [0.29, 0.717) is 0 Å². The first-order valence-electron chi connectivity index (χ1n) is 8.51. The number of anilines is 1. The first kappa shape index (κ1) is 22.1. The van der Waals surface area contributed by atoms with Crippen molar-refractivity contribution in [2.45, 2.75) is 24.8 Å². The number of esters is 1. The third kappa shape index (κ3) is 6.43. The van der Waals surface area contributed by atoms with Crippen LogP contribution in [0.2, 0.25) is 0 Å². The van der Waals surface area contributed by atoms with E-state index < -0.39 is 40.5 Å². The fourth-order valence-corrected chi connectivity index (χ4v) is 2.85. The number of hydrogen-bond donors (Lipinski definition) is 3. The standard InChI is InChI=1S/C18H21N3O7S/c1-11(2)16(21-17(23)14-7-4-8-27-14)18(24)28-10-15(22)20-12-5-3-6-13(9-12)29(19,25)26/h3-9,11,16H,10H2,1-2H3,(H,20,22)(H,21,23)(H2,19,25,26)/t16-/m0/s1. The van der Waals surface area contributed by atoms with E-state index in [1.54, 1.807) is 13.8 Å². The van der Waals surface area contributed by atoms with Gasteiger partial charge in [0.1, 0.15) is 6.04 Å². The van der Waals surface area contributed by atoms with Crippen molar-refractivity contribution in [1.82, 2.24) is 5.32 Å². The molecule has 0 radical (unpaired) electrons. The Morgan fingerprint density at radius 3 is 2.48 bits per heavy atom. The third-order valence-corrected chi connectivity index (χ3v) is 4.66. The minimum atomic E-state index is -3.92. The van der Waals surface area contributed by atoms with E-state index in [-0.39, 0.29) is 22.3 Å². The number of primary sulfonamides is 1. The van der Waals surface area contributed by atoms with Crippen molar-refractivity contribution in [2.75, 3.05) is 11.9 Å². The van der Waals surface area contributed by atoms with Gasteiger partial charge in [0.15, 0.2) is 12.4 Å². The third-order valence-electron chi connectivity index (χ3n) is 3.74. The van der Waals surface area contributed by atoms with Gasteiger partial charge in [-0.05, 0) is 36.2 Å². The molecule has 0 aliphatic heterocycles. The van der Waals surface area contributed by atoms with Crippen LogP contribution in [-0.2, 0) is 24.3 Å². The summed E-state index contributed by atoms with van der Waals surface area (Å²) in [5, 5.41) is 9.94. The van der Waals surface area contributed by atoms with Crippen LogP contribution in [-0.4, -0.2) is 38.9 Å². The number of benzene rings is 1. The maximum absolute atomic E-state index is 12.3. The fourth-order valence-electron chi connectivity index (χ4n) is 2.29. The molecule has 0 aliphatic rings. The Morgan fingerprint density at radius 1 is 1.17 bits per heavy atom. The summed E-state index contributed by atoms with van der Waals surface area (Å²) >= 11 is 0. The molecule has 11 heteroatoms. The smallest absolute Gasteiger partial charge is 0.329 e. The zero-order valence-corrected chi connectivity index (χ0v) is 16.6. The number of carbonyl (C=O) groups excluding carboxylic acids is 3. The number of rotatable bonds is 8. The van der Waals surface area contributed by atoms with Gasteiger partial charge >= 0.3 is 5.97 Å². The van der Waals surface area contributed by atoms with Crippen LogP contribution < -0.4 is 15.8 Å². The van der Waals surface area contributed by atoms with E-state index in [1.807, 2.05) is 0 Å². The Balaban J connectivity index is 1.94. The molecule has 0 unspecified atom stereocenters. The Kier molecular flexibility index (Phi) is 7.13. The van der Waals surface area contributed by atoms with Crippen molar-refractivity contribution in [3.63, 3.8) is 0 Å². The predicted molar refractivity (Wildman–Crippen MR) is 102 cm³/mol. The molecule has 156 valence electrons. The van der Waals surface area contributed by atoms with Gasteiger partial charge in [0, 0.05) is 5.69 Å². The second kappa shape index (κ2) is 9.34. The number of ether oxygens (including phenoxy) is 1. The molecule has 1 aromatic heterocycles. The van der Waals surface area contributed by atoms with Gasteiger partial charge in [0.25, 0.3) is 11.8 Å². The first-order valence-corrected chi connectivity index (χ1v) is 10.1. The molecular weight excluding hydrogens is 402 g/mol. The Hall–Kier alpha value is -3.18. The summed E-state index contributed by atoms with van der Waals surface area (Å²) < 4.78 is 32.7. The van der Waals surface area contributed by atoms with Gasteiger partial charge in [-0.25, -0.2) is 18.4 Å². The lowest BCUT2D eigenvalue weighted by Crippen LogP contribution is -2.45. The quantitative estimate of drug-likeness (QED) is 0.531. The Labute approximate surface area is 167 Å². The zero-order valence-electron chi connectivity index (χ0n) is 15.7. The molecule has 0 fully saturated rings. The number of furan rings is 1. The highest BCUT2D eigenvalue weighted by Gasteiger charge is 2.27. The number of hydrogen-bond acceptors (Lipinski definition) is 7. The molecule has 0 spiro atoms. The van der Waals surface area contributed by atoms with Crippen LogP contribution >= 0.6 is 0 Å². The van der Waals surface area contributed by atoms with Crippen LogP contribution in [0, 0.1) is 5.92 Å². The second-order valence-electron chi connectivity index (χ2n) is 6.40. The van der Waals surface area contributed by atoms with Crippen molar-refractivity contribution >= 4 is 33.5 Å². The molecule has 4 N–H and O–H groups in total. The highest BCUT2D eigenvalue weighted by atomic mass is 32.2. The molecule has 0 saturated carbocycles. The summed E-state index contributed by atoms with van der Waals surface area (Å²) in [6.07, 6.45) is 1.33. The highest BCUT2D eigenvalue weighted by Crippen LogP contribution is 2.14. The van der Waals surface area contributed by atoms with Gasteiger partial charge in [0.2, 0.25) is 10.0 Å². The fraction of sp³-hybridized carbons (Fsp3) is 0.278. The van der Waals surface area contributed by atoms with Gasteiger partial charge in [-0.3, -0.25) is 9.59 Å². The molecule has 0 bridgehead atoms. The summed E-state index contributed by atoms with van der Waals surface area (Å²) in [5.41, 5.74) is 0.170. The molecule has 2 amide bonds. The van der Waals surface area contributed by atoms with Crippen LogP contribution in [0.25, 0.3) is 0 Å². The molecule has 1 aromatic carbocycles. The zero-order chi connectivity index (χ0) is 21.6. The lowest BCUT2D eigenvalue weighted by atomic mass is 10.0. The van der Waals surface area contributed by atoms with E-state index in [1.165, 1.54) is 42.7 Å². The molecule has 1 heterocycles. The SMILES string of the molecule is CC(C)[C@H](NC(=O)c1ccco1)C(=O)OCC(=O)Nc1cccc(S(N)(=O)=O)c1. The monoisotopic (exact) mass is 423 g/mol. The summed E-state index contributed by atoms with van der Waals surface area (Å²) in [4.78, 5) is 36.2. The average Bonchev–Trinajstić information content (AvgIpc) is 3.18. The molecule has 1 atom stereocenters. The normalized spacial score (nSPS) is 12.3. The molecule has 0 aliphatic carbocycles. The minimum Gasteiger partial charge on any atom is -0.459 e. The highest BCUT2D eigenvalue weighted by molar-refractivity contribution is 7.89. The maximum Gasteiger partial charge on any atom is 0.329 e. The summed E-state index contributed by atoms with van der Waals surface area (Å²) in [7, 11) is -3.92. The van der Waals surface area contributed by atoms with Crippen molar-refractivity contribution in [2.24, 2.45) is 11.1 Å². The van der Waals surface area contributed by atoms with Crippen molar-refractivity contribution < 1.29 is 32.0 Å². The number of sulfonamides is 1. The van der Waals surface area contributed by atoms with E-state index in [4.69, 9.17) is 14.3 Å². The summed E-state index contributed by atoms with van der Waals surface area (Å²) in [6, 6.07) is 7.30. The summed E-state index contributed by atoms with van der Waals surface area (Å²) in [6.45, 7) is 2.78. The van der Waals surface area contributed by atoms with Gasteiger partial charge in [0.05, 0.1) is 11.2 Å². The van der Waals surface area contributed by atoms with Gasteiger partial charge < -0.3 is 19.8 Å². The van der Waals surface area contributed by atoms with E-state index in [9.17, 15) is 22.8 Å². The molecule has 2 rings (SSSR count). The second-order valence-corrected chi connectivity index (χ2v) is 7.96. The van der Waals surface area contributed by atoms with E-state index in [2.05, 4.69) is 10.6 Å². The van der Waals surface area contributed by atoms with Gasteiger partial charge in [-0.15, -0.1) is 0 Å². The number of carbonyl (C=O) groups is 3. The van der Waals surface area contributed by atoms with Crippen LogP contribution in [0.3, 0.4) is 0 Å². The van der Waals surface area contributed by atoms with Crippen molar-refractivity contribution in [1.29, 1.82) is 0 Å². The minimum absolute atomic E-state index is 0.0379.